The largest absolute Gasteiger partial charge is 0.495 e. The van der Waals surface area contributed by atoms with Gasteiger partial charge in [-0.3, -0.25) is 4.79 Å². The Balaban J connectivity index is 2.01. The molecule has 6 nitrogen and oxygen atoms in total. The number of benzene rings is 1. The van der Waals surface area contributed by atoms with E-state index in [1.807, 2.05) is 0 Å². The Morgan fingerprint density at radius 1 is 1.30 bits per heavy atom. The summed E-state index contributed by atoms with van der Waals surface area (Å²) in [5.74, 6) is 0.0155. The van der Waals surface area contributed by atoms with E-state index in [1.54, 1.807) is 18.2 Å². The Morgan fingerprint density at radius 2 is 2.09 bits per heavy atom. The second-order valence-corrected chi connectivity index (χ2v) is 7.14. The number of hydrogen-bond acceptors (Lipinski definition) is 5. The van der Waals surface area contributed by atoms with Crippen molar-refractivity contribution in [2.24, 2.45) is 0 Å². The van der Waals surface area contributed by atoms with Crippen LogP contribution in [0.15, 0.2) is 47.5 Å². The number of carbonyl (C=O) groups excluding carboxylic acids is 1. The Morgan fingerprint density at radius 3 is 2.70 bits per heavy atom. The number of sulfone groups is 1. The predicted molar refractivity (Wildman–Crippen MR) is 87.5 cm³/mol. The van der Waals surface area contributed by atoms with Gasteiger partial charge in [-0.2, -0.15) is 0 Å². The van der Waals surface area contributed by atoms with Crippen molar-refractivity contribution in [2.45, 2.75) is 11.3 Å². The molecule has 0 unspecified atom stereocenters. The van der Waals surface area contributed by atoms with Crippen molar-refractivity contribution in [1.82, 2.24) is 4.98 Å². The number of anilines is 1. The van der Waals surface area contributed by atoms with Gasteiger partial charge in [-0.05, 0) is 30.3 Å². The maximum absolute atomic E-state index is 12.2. The number of pyridine rings is 1. The summed E-state index contributed by atoms with van der Waals surface area (Å²) in [5.41, 5.74) is 0. The van der Waals surface area contributed by atoms with E-state index in [9.17, 15) is 13.2 Å². The highest BCUT2D eigenvalue weighted by molar-refractivity contribution is 7.91. The van der Waals surface area contributed by atoms with E-state index in [1.165, 1.54) is 31.5 Å². The lowest BCUT2D eigenvalue weighted by molar-refractivity contribution is -0.115. The average Bonchev–Trinajstić information content (AvgIpc) is 2.54. The van der Waals surface area contributed by atoms with Gasteiger partial charge in [0.15, 0.2) is 9.84 Å². The summed E-state index contributed by atoms with van der Waals surface area (Å²) in [4.78, 5) is 15.8. The van der Waals surface area contributed by atoms with Crippen LogP contribution in [-0.4, -0.2) is 32.2 Å². The minimum atomic E-state index is -3.62. The van der Waals surface area contributed by atoms with Gasteiger partial charge >= 0.3 is 0 Å². The number of hydrogen-bond donors (Lipinski definition) is 1. The van der Waals surface area contributed by atoms with Crippen LogP contribution in [-0.2, 0) is 14.6 Å². The van der Waals surface area contributed by atoms with Crippen LogP contribution in [0.3, 0.4) is 0 Å². The molecule has 23 heavy (non-hydrogen) atoms. The minimum Gasteiger partial charge on any atom is -0.495 e. The molecule has 2 rings (SSSR count). The molecule has 1 amide bonds. The zero-order chi connectivity index (χ0) is 16.9. The Kier molecular flexibility index (Phi) is 5.57. The van der Waals surface area contributed by atoms with Gasteiger partial charge in [-0.15, -0.1) is 0 Å². The normalized spacial score (nSPS) is 11.0. The Bertz CT molecular complexity index is 794. The molecule has 0 saturated heterocycles. The molecule has 1 aromatic heterocycles. The lowest BCUT2D eigenvalue weighted by atomic mass is 10.3. The van der Waals surface area contributed by atoms with Crippen molar-refractivity contribution in [3.63, 3.8) is 0 Å². The van der Waals surface area contributed by atoms with Crippen molar-refractivity contribution in [3.05, 3.63) is 47.6 Å². The molecule has 0 aliphatic carbocycles. The second-order valence-electron chi connectivity index (χ2n) is 4.63. The Hall–Kier alpha value is -2.12. The minimum absolute atomic E-state index is 0.0499. The second kappa shape index (κ2) is 7.43. The molecule has 1 heterocycles. The van der Waals surface area contributed by atoms with Crippen molar-refractivity contribution in [2.75, 3.05) is 18.2 Å². The summed E-state index contributed by atoms with van der Waals surface area (Å²) in [5, 5.41) is 2.74. The highest BCUT2D eigenvalue weighted by atomic mass is 35.5. The van der Waals surface area contributed by atoms with E-state index in [-0.39, 0.29) is 22.1 Å². The fourth-order valence-corrected chi connectivity index (χ4v) is 3.41. The lowest BCUT2D eigenvalue weighted by Gasteiger charge is -2.08. The number of carbonyl (C=O) groups is 1. The van der Waals surface area contributed by atoms with E-state index < -0.39 is 15.7 Å². The summed E-state index contributed by atoms with van der Waals surface area (Å²) >= 11 is 5.93. The fourth-order valence-electron chi connectivity index (χ4n) is 1.83. The van der Waals surface area contributed by atoms with Crippen LogP contribution < -0.4 is 10.1 Å². The SMILES string of the molecule is COc1ccc(S(=O)(=O)CCC(=O)Nc2ccccn2)cc1Cl. The molecular weight excluding hydrogens is 340 g/mol. The van der Waals surface area contributed by atoms with E-state index in [2.05, 4.69) is 10.3 Å². The zero-order valence-corrected chi connectivity index (χ0v) is 13.9. The molecule has 0 atom stereocenters. The van der Waals surface area contributed by atoms with Gasteiger partial charge in [0.25, 0.3) is 0 Å². The number of halogens is 1. The highest BCUT2D eigenvalue weighted by Gasteiger charge is 2.18. The van der Waals surface area contributed by atoms with Crippen molar-refractivity contribution in [3.8, 4) is 5.75 Å². The van der Waals surface area contributed by atoms with E-state index >= 15 is 0 Å². The zero-order valence-electron chi connectivity index (χ0n) is 12.3. The number of aromatic nitrogens is 1. The van der Waals surface area contributed by atoms with Gasteiger partial charge < -0.3 is 10.1 Å². The number of amides is 1. The third-order valence-electron chi connectivity index (χ3n) is 3.01. The molecular formula is C15H15ClN2O4S. The fraction of sp³-hybridized carbons (Fsp3) is 0.200. The number of rotatable bonds is 6. The van der Waals surface area contributed by atoms with Crippen LogP contribution in [0.25, 0.3) is 0 Å². The predicted octanol–water partition coefficient (Wildman–Crippen LogP) is 2.55. The number of nitrogens with one attached hydrogen (secondary N) is 1. The quantitative estimate of drug-likeness (QED) is 0.861. The number of ether oxygens (including phenoxy) is 1. The summed E-state index contributed by atoms with van der Waals surface area (Å²) in [6.45, 7) is 0. The summed E-state index contributed by atoms with van der Waals surface area (Å²) in [6, 6.07) is 9.24. The molecule has 2 aromatic rings. The monoisotopic (exact) mass is 354 g/mol. The van der Waals surface area contributed by atoms with Gasteiger partial charge in [0.2, 0.25) is 5.91 Å². The Labute approximate surface area is 139 Å². The van der Waals surface area contributed by atoms with Gasteiger partial charge in [0, 0.05) is 12.6 Å². The van der Waals surface area contributed by atoms with Crippen LogP contribution in [0.5, 0.6) is 5.75 Å². The summed E-state index contributed by atoms with van der Waals surface area (Å²) in [7, 11) is -2.17. The molecule has 1 N–H and O–H groups in total. The molecule has 0 fully saturated rings. The van der Waals surface area contributed by atoms with E-state index in [0.29, 0.717) is 11.6 Å². The van der Waals surface area contributed by atoms with E-state index in [4.69, 9.17) is 16.3 Å². The molecule has 0 aliphatic rings. The summed E-state index contributed by atoms with van der Waals surface area (Å²) in [6.07, 6.45) is 1.36. The van der Waals surface area contributed by atoms with E-state index in [0.717, 1.165) is 0 Å². The standard InChI is InChI=1S/C15H15ClN2O4S/c1-22-13-6-5-11(10-12(13)16)23(20,21)9-7-15(19)18-14-4-2-3-8-17-14/h2-6,8,10H,7,9H2,1H3,(H,17,18,19). The van der Waals surface area contributed by atoms with Crippen LogP contribution in [0.1, 0.15) is 6.42 Å². The first kappa shape index (κ1) is 17.2. The third-order valence-corrected chi connectivity index (χ3v) is 5.02. The molecule has 122 valence electrons. The molecule has 1 aromatic carbocycles. The summed E-state index contributed by atoms with van der Waals surface area (Å²) < 4.78 is 29.5. The van der Waals surface area contributed by atoms with Crippen LogP contribution >= 0.6 is 11.6 Å². The van der Waals surface area contributed by atoms with Gasteiger partial charge in [0.1, 0.15) is 11.6 Å². The third kappa shape index (κ3) is 4.67. The number of nitrogens with zero attached hydrogens (tertiary/aromatic N) is 1. The smallest absolute Gasteiger partial charge is 0.226 e. The van der Waals surface area contributed by atoms with Gasteiger partial charge in [-0.25, -0.2) is 13.4 Å². The number of methoxy groups -OCH3 is 1. The topological polar surface area (TPSA) is 85.4 Å². The van der Waals surface area contributed by atoms with Gasteiger partial charge in [-0.1, -0.05) is 17.7 Å². The molecule has 8 heteroatoms. The van der Waals surface area contributed by atoms with Crippen LogP contribution in [0.4, 0.5) is 5.82 Å². The molecule has 0 bridgehead atoms. The average molecular weight is 355 g/mol. The highest BCUT2D eigenvalue weighted by Crippen LogP contribution is 2.27. The van der Waals surface area contributed by atoms with Crippen molar-refractivity contribution in [1.29, 1.82) is 0 Å². The first-order chi connectivity index (χ1) is 10.9. The van der Waals surface area contributed by atoms with Crippen molar-refractivity contribution < 1.29 is 17.9 Å². The maximum atomic E-state index is 12.2. The molecule has 0 aliphatic heterocycles. The molecule has 0 saturated carbocycles. The van der Waals surface area contributed by atoms with Gasteiger partial charge in [0.05, 0.1) is 22.8 Å². The molecule has 0 spiro atoms. The molecule has 0 radical (unpaired) electrons. The first-order valence-corrected chi connectivity index (χ1v) is 8.72. The van der Waals surface area contributed by atoms with Crippen LogP contribution in [0, 0.1) is 0 Å². The van der Waals surface area contributed by atoms with Crippen LogP contribution in [0.2, 0.25) is 5.02 Å². The van der Waals surface area contributed by atoms with Crippen molar-refractivity contribution >= 4 is 33.2 Å². The first-order valence-electron chi connectivity index (χ1n) is 6.69. The lowest BCUT2D eigenvalue weighted by Crippen LogP contribution is -2.18. The maximum Gasteiger partial charge on any atom is 0.226 e.